The second-order valence-electron chi connectivity index (χ2n) is 7.91. The number of rotatable bonds is 8. The molecule has 30 heavy (non-hydrogen) atoms. The van der Waals surface area contributed by atoms with Crippen molar-refractivity contribution in [3.05, 3.63) is 59.7 Å². The van der Waals surface area contributed by atoms with Crippen LogP contribution >= 0.6 is 0 Å². The van der Waals surface area contributed by atoms with Gasteiger partial charge in [0.05, 0.1) is 7.11 Å². The summed E-state index contributed by atoms with van der Waals surface area (Å²) in [5.41, 5.74) is 1.91. The van der Waals surface area contributed by atoms with E-state index in [0.717, 1.165) is 11.3 Å². The maximum absolute atomic E-state index is 12.1. The van der Waals surface area contributed by atoms with Crippen molar-refractivity contribution in [3.63, 3.8) is 0 Å². The average Bonchev–Trinajstić information content (AvgIpc) is 2.69. The molecule has 0 radical (unpaired) electrons. The van der Waals surface area contributed by atoms with Crippen molar-refractivity contribution in [1.82, 2.24) is 0 Å². The molecule has 0 amide bonds. The molecular weight excluding hydrogens is 400 g/mol. The lowest BCUT2D eigenvalue weighted by molar-refractivity contribution is -0.157. The number of carbonyl (C=O) groups is 2. The lowest BCUT2D eigenvalue weighted by Crippen LogP contribution is -2.43. The fraction of sp³-hybridized carbons (Fsp3) is 0.304. The van der Waals surface area contributed by atoms with Crippen molar-refractivity contribution in [3.8, 4) is 23.0 Å². The van der Waals surface area contributed by atoms with Crippen LogP contribution in [0.3, 0.4) is 0 Å². The molecule has 0 aliphatic carbocycles. The summed E-state index contributed by atoms with van der Waals surface area (Å²) < 4.78 is 10.9. The van der Waals surface area contributed by atoms with Gasteiger partial charge in [0, 0.05) is 6.42 Å². The summed E-state index contributed by atoms with van der Waals surface area (Å²) in [4.78, 5) is 24.2. The van der Waals surface area contributed by atoms with Crippen LogP contribution in [0.25, 0.3) is 0 Å². The summed E-state index contributed by atoms with van der Waals surface area (Å²) in [5, 5.41) is 19.7. The van der Waals surface area contributed by atoms with Gasteiger partial charge in [0.25, 0.3) is 0 Å². The molecule has 0 atom stereocenters. The van der Waals surface area contributed by atoms with E-state index in [-0.39, 0.29) is 18.6 Å². The van der Waals surface area contributed by atoms with Crippen molar-refractivity contribution < 1.29 is 29.3 Å². The summed E-state index contributed by atoms with van der Waals surface area (Å²) >= 11 is 0. The largest absolute Gasteiger partial charge is 0.497 e. The third kappa shape index (κ3) is 5.64. The van der Waals surface area contributed by atoms with Crippen LogP contribution in [0.2, 0.25) is 19.6 Å². The Morgan fingerprint density at radius 2 is 1.63 bits per heavy atom. The highest BCUT2D eigenvalue weighted by atomic mass is 28.3. The molecular formula is C23H26O6Si. The average molecular weight is 427 g/mol. The van der Waals surface area contributed by atoms with Gasteiger partial charge in [-0.15, -0.1) is 11.5 Å². The molecule has 2 aromatic carbocycles. The van der Waals surface area contributed by atoms with Gasteiger partial charge < -0.3 is 19.7 Å². The molecule has 0 aromatic heterocycles. The van der Waals surface area contributed by atoms with Crippen LogP contribution < -0.4 is 9.47 Å². The molecule has 0 heterocycles. The van der Waals surface area contributed by atoms with Crippen molar-refractivity contribution in [2.24, 2.45) is 0 Å². The summed E-state index contributed by atoms with van der Waals surface area (Å²) in [6.45, 7) is 6.28. The highest BCUT2D eigenvalue weighted by Crippen LogP contribution is 2.32. The molecule has 7 heteroatoms. The number of aliphatic carboxylic acids is 2. The van der Waals surface area contributed by atoms with E-state index in [1.54, 1.807) is 19.2 Å². The van der Waals surface area contributed by atoms with E-state index < -0.39 is 25.4 Å². The quantitative estimate of drug-likeness (QED) is 0.377. The topological polar surface area (TPSA) is 93.1 Å². The molecule has 2 aromatic rings. The van der Waals surface area contributed by atoms with Gasteiger partial charge in [-0.05, 0) is 35.4 Å². The summed E-state index contributed by atoms with van der Waals surface area (Å²) in [7, 11) is -0.191. The van der Waals surface area contributed by atoms with Gasteiger partial charge in [-0.3, -0.25) is 9.59 Å². The predicted molar refractivity (Wildman–Crippen MR) is 116 cm³/mol. The SMILES string of the molecule is COc1ccc(COc2cccc(C(CC#C[Si](C)(C)C)(C(=O)O)C(=O)O)c2)cc1. The molecule has 2 N–H and O–H groups in total. The van der Waals surface area contributed by atoms with Crippen molar-refractivity contribution in [2.75, 3.05) is 7.11 Å². The number of carboxylic acid groups (broad SMARTS) is 2. The van der Waals surface area contributed by atoms with Crippen LogP contribution in [0.4, 0.5) is 0 Å². The van der Waals surface area contributed by atoms with Gasteiger partial charge >= 0.3 is 11.9 Å². The summed E-state index contributed by atoms with van der Waals surface area (Å²) in [5.74, 6) is 1.02. The Morgan fingerprint density at radius 3 is 2.17 bits per heavy atom. The van der Waals surface area contributed by atoms with Crippen LogP contribution in [0.5, 0.6) is 11.5 Å². The van der Waals surface area contributed by atoms with Crippen LogP contribution in [-0.4, -0.2) is 37.3 Å². The summed E-state index contributed by atoms with van der Waals surface area (Å²) in [6, 6.07) is 13.5. The second-order valence-corrected chi connectivity index (χ2v) is 12.7. The van der Waals surface area contributed by atoms with Crippen molar-refractivity contribution >= 4 is 20.0 Å². The second kappa shape index (κ2) is 9.50. The maximum atomic E-state index is 12.1. The zero-order chi connectivity index (χ0) is 22.4. The van der Waals surface area contributed by atoms with E-state index in [2.05, 4.69) is 11.5 Å². The molecule has 0 aliphatic rings. The number of benzene rings is 2. The van der Waals surface area contributed by atoms with E-state index in [1.807, 2.05) is 43.9 Å². The lowest BCUT2D eigenvalue weighted by Gasteiger charge is -2.24. The molecule has 0 bridgehead atoms. The first-order valence-corrected chi connectivity index (χ1v) is 12.9. The van der Waals surface area contributed by atoms with Gasteiger partial charge in [-0.1, -0.05) is 43.9 Å². The smallest absolute Gasteiger partial charge is 0.326 e. The third-order valence-electron chi connectivity index (χ3n) is 4.44. The van der Waals surface area contributed by atoms with E-state index in [9.17, 15) is 19.8 Å². The highest BCUT2D eigenvalue weighted by molar-refractivity contribution is 6.83. The monoisotopic (exact) mass is 426 g/mol. The minimum Gasteiger partial charge on any atom is -0.497 e. The molecule has 0 unspecified atom stereocenters. The van der Waals surface area contributed by atoms with Crippen LogP contribution in [0.1, 0.15) is 17.5 Å². The fourth-order valence-corrected chi connectivity index (χ4v) is 3.39. The molecule has 0 fully saturated rings. The molecule has 6 nitrogen and oxygen atoms in total. The Bertz CT molecular complexity index is 950. The molecule has 0 saturated carbocycles. The van der Waals surface area contributed by atoms with E-state index in [0.29, 0.717) is 5.75 Å². The Balaban J connectivity index is 2.31. The molecule has 0 spiro atoms. The number of methoxy groups -OCH3 is 1. The van der Waals surface area contributed by atoms with Gasteiger partial charge in [0.2, 0.25) is 5.41 Å². The molecule has 0 saturated heterocycles. The van der Waals surface area contributed by atoms with E-state index >= 15 is 0 Å². The zero-order valence-electron chi connectivity index (χ0n) is 17.6. The van der Waals surface area contributed by atoms with Crippen molar-refractivity contribution in [1.29, 1.82) is 0 Å². The van der Waals surface area contributed by atoms with Gasteiger partial charge in [0.15, 0.2) is 0 Å². The fourth-order valence-electron chi connectivity index (χ4n) is 2.77. The molecule has 158 valence electrons. The Labute approximate surface area is 177 Å². The van der Waals surface area contributed by atoms with Gasteiger partial charge in [0.1, 0.15) is 26.2 Å². The standard InChI is InChI=1S/C23H26O6Si/c1-28-19-11-9-17(10-12-19)16-29-20-8-5-7-18(15-20)23(21(24)25,22(26)27)13-6-14-30(2,3)4/h5,7-12,15H,13,16H2,1-4H3,(H,24,25)(H,26,27). The lowest BCUT2D eigenvalue weighted by atomic mass is 9.77. The van der Waals surface area contributed by atoms with E-state index in [1.165, 1.54) is 12.1 Å². The highest BCUT2D eigenvalue weighted by Gasteiger charge is 2.48. The molecule has 0 aliphatic heterocycles. The van der Waals surface area contributed by atoms with Gasteiger partial charge in [-0.2, -0.15) is 0 Å². The van der Waals surface area contributed by atoms with Gasteiger partial charge in [-0.25, -0.2) is 0 Å². The number of ether oxygens (including phenoxy) is 2. The van der Waals surface area contributed by atoms with Crippen molar-refractivity contribution in [2.45, 2.75) is 38.1 Å². The molecule has 2 rings (SSSR count). The third-order valence-corrected chi connectivity index (χ3v) is 5.37. The maximum Gasteiger partial charge on any atom is 0.326 e. The van der Waals surface area contributed by atoms with Crippen LogP contribution in [0.15, 0.2) is 48.5 Å². The first-order chi connectivity index (χ1) is 14.1. The van der Waals surface area contributed by atoms with Crippen LogP contribution in [0, 0.1) is 11.5 Å². The summed E-state index contributed by atoms with van der Waals surface area (Å²) in [6.07, 6.45) is -0.316. The number of hydrogen-bond acceptors (Lipinski definition) is 4. The minimum absolute atomic E-state index is 0.125. The Morgan fingerprint density at radius 1 is 1.00 bits per heavy atom. The first-order valence-electron chi connectivity index (χ1n) is 9.41. The number of hydrogen-bond donors (Lipinski definition) is 2. The number of carboxylic acids is 2. The minimum atomic E-state index is -2.16. The Kier molecular flexibility index (Phi) is 7.30. The van der Waals surface area contributed by atoms with Crippen LogP contribution in [-0.2, 0) is 21.6 Å². The first kappa shape index (κ1) is 23.0. The normalized spacial score (nSPS) is 11.2. The zero-order valence-corrected chi connectivity index (χ0v) is 18.6. The predicted octanol–water partition coefficient (Wildman–Crippen LogP) is 3.95. The van der Waals surface area contributed by atoms with E-state index in [4.69, 9.17) is 9.47 Å². The Hall–Kier alpha value is -3.24.